The van der Waals surface area contributed by atoms with Crippen molar-refractivity contribution in [2.45, 2.75) is 23.9 Å². The van der Waals surface area contributed by atoms with E-state index < -0.39 is 30.5 Å². The number of nitrogens with two attached hydrogens (primary N) is 2. The standard InChI is InChI=1S/C12H17N5O4/c13-4-12(10(20)9(19)7(3-18)21-12)8-2-1-6-11(14)15-5-16-17(6)8/h1-2,5,7,9-10,18-20H,3-4,13H2,(H2,14,15,16)/t7-,9?,10+,12+/m1/s1. The number of hydrogen-bond donors (Lipinski definition) is 5. The van der Waals surface area contributed by atoms with E-state index in [9.17, 15) is 15.3 Å². The number of nitrogens with zero attached hydrogens (tertiary/aromatic N) is 3. The molecular formula is C12H17N5O4. The molecule has 3 heterocycles. The van der Waals surface area contributed by atoms with Gasteiger partial charge in [-0.3, -0.25) is 0 Å². The fourth-order valence-corrected chi connectivity index (χ4v) is 2.79. The molecule has 0 amide bonds. The summed E-state index contributed by atoms with van der Waals surface area (Å²) in [5.41, 5.74) is 11.2. The highest BCUT2D eigenvalue weighted by molar-refractivity contribution is 5.65. The van der Waals surface area contributed by atoms with Crippen molar-refractivity contribution in [2.24, 2.45) is 5.73 Å². The number of ether oxygens (including phenoxy) is 1. The molecule has 1 aliphatic rings. The van der Waals surface area contributed by atoms with Gasteiger partial charge >= 0.3 is 0 Å². The predicted molar refractivity (Wildman–Crippen MR) is 72.1 cm³/mol. The third-order valence-electron chi connectivity index (χ3n) is 3.94. The van der Waals surface area contributed by atoms with Crippen LogP contribution >= 0.6 is 0 Å². The van der Waals surface area contributed by atoms with Gasteiger partial charge in [0.05, 0.1) is 12.3 Å². The highest BCUT2D eigenvalue weighted by Crippen LogP contribution is 2.39. The molecule has 9 heteroatoms. The quantitative estimate of drug-likeness (QED) is 0.419. The van der Waals surface area contributed by atoms with Crippen molar-refractivity contribution in [3.8, 4) is 0 Å². The lowest BCUT2D eigenvalue weighted by Gasteiger charge is -2.30. The summed E-state index contributed by atoms with van der Waals surface area (Å²) in [6.07, 6.45) is -2.19. The lowest BCUT2D eigenvalue weighted by Crippen LogP contribution is -2.47. The number of aliphatic hydroxyl groups excluding tert-OH is 3. The topological polar surface area (TPSA) is 152 Å². The Bertz CT molecular complexity index is 662. The van der Waals surface area contributed by atoms with Gasteiger partial charge < -0.3 is 31.5 Å². The van der Waals surface area contributed by atoms with Gasteiger partial charge in [-0.2, -0.15) is 5.10 Å². The molecule has 3 rings (SSSR count). The Morgan fingerprint density at radius 2 is 2.14 bits per heavy atom. The van der Waals surface area contributed by atoms with E-state index in [1.54, 1.807) is 12.1 Å². The maximum Gasteiger partial charge on any atom is 0.151 e. The van der Waals surface area contributed by atoms with Crippen LogP contribution in [0.4, 0.5) is 5.82 Å². The molecule has 2 aromatic heterocycles. The average Bonchev–Trinajstić information content (AvgIpc) is 3.03. The van der Waals surface area contributed by atoms with Crippen LogP contribution in [0.1, 0.15) is 5.69 Å². The number of aliphatic hydroxyl groups is 3. The third-order valence-corrected chi connectivity index (χ3v) is 3.94. The van der Waals surface area contributed by atoms with E-state index >= 15 is 0 Å². The second-order valence-electron chi connectivity index (χ2n) is 5.03. The Kier molecular flexibility index (Phi) is 3.30. The van der Waals surface area contributed by atoms with Gasteiger partial charge in [-0.05, 0) is 12.1 Å². The summed E-state index contributed by atoms with van der Waals surface area (Å²) in [6, 6.07) is 3.33. The second-order valence-corrected chi connectivity index (χ2v) is 5.03. The molecule has 1 unspecified atom stereocenters. The number of fused-ring (bicyclic) bond motifs is 1. The minimum absolute atomic E-state index is 0.0995. The Morgan fingerprint density at radius 3 is 2.76 bits per heavy atom. The van der Waals surface area contributed by atoms with Gasteiger partial charge in [-0.15, -0.1) is 0 Å². The summed E-state index contributed by atoms with van der Waals surface area (Å²) in [4.78, 5) is 3.88. The molecule has 21 heavy (non-hydrogen) atoms. The van der Waals surface area contributed by atoms with E-state index in [4.69, 9.17) is 16.2 Å². The first-order valence-corrected chi connectivity index (χ1v) is 6.48. The SMILES string of the molecule is NC[C@@]1(c2ccc3c(N)ncnn23)O[C@H](CO)C(O)[C@@H]1O. The van der Waals surface area contributed by atoms with Crippen molar-refractivity contribution < 1.29 is 20.1 Å². The van der Waals surface area contributed by atoms with Crippen molar-refractivity contribution in [1.82, 2.24) is 14.6 Å². The van der Waals surface area contributed by atoms with Crippen LogP contribution in [0.2, 0.25) is 0 Å². The van der Waals surface area contributed by atoms with Crippen LogP contribution in [0.15, 0.2) is 18.5 Å². The van der Waals surface area contributed by atoms with E-state index in [1.165, 1.54) is 10.8 Å². The van der Waals surface area contributed by atoms with Gasteiger partial charge in [-0.25, -0.2) is 9.50 Å². The Labute approximate surface area is 119 Å². The zero-order valence-corrected chi connectivity index (χ0v) is 11.1. The number of hydrogen-bond acceptors (Lipinski definition) is 8. The predicted octanol–water partition coefficient (Wildman–Crippen LogP) is -2.42. The first-order chi connectivity index (χ1) is 10.0. The van der Waals surface area contributed by atoms with E-state index in [1.807, 2.05) is 0 Å². The fraction of sp³-hybridized carbons (Fsp3) is 0.500. The first kappa shape index (κ1) is 14.2. The Hall–Kier alpha value is -1.78. The van der Waals surface area contributed by atoms with E-state index in [-0.39, 0.29) is 12.4 Å². The highest BCUT2D eigenvalue weighted by atomic mass is 16.6. The van der Waals surface area contributed by atoms with Crippen LogP contribution in [0.25, 0.3) is 5.52 Å². The zero-order chi connectivity index (χ0) is 15.2. The second kappa shape index (κ2) is 4.90. The fourth-order valence-electron chi connectivity index (χ4n) is 2.79. The molecule has 0 spiro atoms. The maximum atomic E-state index is 10.4. The molecule has 7 N–H and O–H groups in total. The zero-order valence-electron chi connectivity index (χ0n) is 11.1. The molecule has 1 aliphatic heterocycles. The van der Waals surface area contributed by atoms with Crippen LogP contribution in [-0.4, -0.2) is 61.4 Å². The molecule has 0 aromatic carbocycles. The number of rotatable bonds is 3. The maximum absolute atomic E-state index is 10.4. The summed E-state index contributed by atoms with van der Waals surface area (Å²) in [5.74, 6) is 0.273. The van der Waals surface area contributed by atoms with Gasteiger partial charge in [0.25, 0.3) is 0 Å². The molecular weight excluding hydrogens is 278 g/mol. The Balaban J connectivity index is 2.17. The number of aromatic nitrogens is 3. The molecule has 0 radical (unpaired) electrons. The van der Waals surface area contributed by atoms with Crippen LogP contribution in [-0.2, 0) is 10.3 Å². The van der Waals surface area contributed by atoms with Gasteiger partial charge in [0, 0.05) is 6.54 Å². The van der Waals surface area contributed by atoms with Gasteiger partial charge in [0.2, 0.25) is 0 Å². The molecule has 4 atom stereocenters. The summed E-state index contributed by atoms with van der Waals surface area (Å²) in [7, 11) is 0. The normalized spacial score (nSPS) is 32.9. The largest absolute Gasteiger partial charge is 0.394 e. The summed E-state index contributed by atoms with van der Waals surface area (Å²) >= 11 is 0. The molecule has 114 valence electrons. The number of nitrogen functional groups attached to an aromatic ring is 1. The van der Waals surface area contributed by atoms with Gasteiger partial charge in [0.15, 0.2) is 11.4 Å². The molecule has 0 saturated carbocycles. The van der Waals surface area contributed by atoms with Gasteiger partial charge in [0.1, 0.15) is 30.2 Å². The lowest BCUT2D eigenvalue weighted by molar-refractivity contribution is -0.0950. The van der Waals surface area contributed by atoms with E-state index in [0.717, 1.165) is 0 Å². The van der Waals surface area contributed by atoms with Crippen LogP contribution in [0, 0.1) is 0 Å². The van der Waals surface area contributed by atoms with Crippen LogP contribution in [0.3, 0.4) is 0 Å². The molecule has 0 bridgehead atoms. The monoisotopic (exact) mass is 295 g/mol. The van der Waals surface area contributed by atoms with Crippen LogP contribution < -0.4 is 11.5 Å². The molecule has 9 nitrogen and oxygen atoms in total. The highest BCUT2D eigenvalue weighted by Gasteiger charge is 2.55. The smallest absolute Gasteiger partial charge is 0.151 e. The molecule has 1 saturated heterocycles. The van der Waals surface area contributed by atoms with Crippen LogP contribution in [0.5, 0.6) is 0 Å². The Morgan fingerprint density at radius 1 is 1.38 bits per heavy atom. The number of anilines is 1. The molecule has 0 aliphatic carbocycles. The molecule has 2 aromatic rings. The minimum atomic E-state index is -1.37. The summed E-state index contributed by atoms with van der Waals surface area (Å²) in [5, 5.41) is 33.7. The first-order valence-electron chi connectivity index (χ1n) is 6.48. The summed E-state index contributed by atoms with van der Waals surface area (Å²) < 4.78 is 7.13. The van der Waals surface area contributed by atoms with Crippen molar-refractivity contribution in [2.75, 3.05) is 18.9 Å². The summed E-state index contributed by atoms with van der Waals surface area (Å²) in [6.45, 7) is -0.530. The van der Waals surface area contributed by atoms with Crippen molar-refractivity contribution >= 4 is 11.3 Å². The van der Waals surface area contributed by atoms with Crippen molar-refractivity contribution in [1.29, 1.82) is 0 Å². The lowest BCUT2D eigenvalue weighted by atomic mass is 9.91. The van der Waals surface area contributed by atoms with E-state index in [2.05, 4.69) is 10.1 Å². The third kappa shape index (κ3) is 1.83. The molecule has 1 fully saturated rings. The van der Waals surface area contributed by atoms with Gasteiger partial charge in [-0.1, -0.05) is 0 Å². The van der Waals surface area contributed by atoms with Crippen molar-refractivity contribution in [3.63, 3.8) is 0 Å². The average molecular weight is 295 g/mol. The van der Waals surface area contributed by atoms with Crippen molar-refractivity contribution in [3.05, 3.63) is 24.2 Å². The minimum Gasteiger partial charge on any atom is -0.394 e. The van der Waals surface area contributed by atoms with E-state index in [0.29, 0.717) is 11.2 Å².